The number of anilines is 1. The Morgan fingerprint density at radius 3 is 2.24 bits per heavy atom. The maximum Gasteiger partial charge on any atom is 0.238 e. The van der Waals surface area contributed by atoms with E-state index in [1.54, 1.807) is 18.2 Å². The maximum absolute atomic E-state index is 12.2. The molecule has 0 aliphatic carbocycles. The molecule has 0 heterocycles. The van der Waals surface area contributed by atoms with Crippen LogP contribution in [-0.2, 0) is 27.6 Å². The van der Waals surface area contributed by atoms with Gasteiger partial charge >= 0.3 is 0 Å². The van der Waals surface area contributed by atoms with E-state index in [1.807, 2.05) is 11.9 Å². The summed E-state index contributed by atoms with van der Waals surface area (Å²) in [5.74, 6) is -0.247. The van der Waals surface area contributed by atoms with Crippen LogP contribution in [0.2, 0.25) is 0 Å². The van der Waals surface area contributed by atoms with Gasteiger partial charge in [-0.25, -0.2) is 8.42 Å². The Labute approximate surface area is 149 Å². The molecule has 0 atom stereocenters. The molecule has 1 N–H and O–H groups in total. The van der Waals surface area contributed by atoms with Crippen molar-refractivity contribution in [2.45, 2.75) is 24.8 Å². The quantitative estimate of drug-likeness (QED) is 0.824. The van der Waals surface area contributed by atoms with Crippen molar-refractivity contribution in [3.63, 3.8) is 0 Å². The van der Waals surface area contributed by atoms with Gasteiger partial charge in [0.1, 0.15) is 0 Å². The van der Waals surface area contributed by atoms with Gasteiger partial charge < -0.3 is 5.32 Å². The number of nitrogens with one attached hydrogen (secondary N) is 1. The molecule has 1 amide bonds. The summed E-state index contributed by atoms with van der Waals surface area (Å²) in [6.07, 6.45) is 2.13. The molecule has 0 fully saturated rings. The first-order chi connectivity index (χ1) is 11.8. The number of carbonyl (C=O) groups excluding carboxylic acids is 1. The van der Waals surface area contributed by atoms with E-state index in [2.05, 4.69) is 36.5 Å². The molecular formula is C19H24N2O3S. The van der Waals surface area contributed by atoms with Crippen molar-refractivity contribution in [3.05, 3.63) is 59.7 Å². The lowest BCUT2D eigenvalue weighted by molar-refractivity contribution is -0.117. The molecule has 0 saturated carbocycles. The summed E-state index contributed by atoms with van der Waals surface area (Å²) in [6, 6.07) is 14.7. The van der Waals surface area contributed by atoms with Crippen molar-refractivity contribution in [3.8, 4) is 0 Å². The van der Waals surface area contributed by atoms with Crippen molar-refractivity contribution in [1.82, 2.24) is 4.90 Å². The van der Waals surface area contributed by atoms with E-state index in [-0.39, 0.29) is 17.3 Å². The molecular weight excluding hydrogens is 336 g/mol. The molecule has 2 aromatic carbocycles. The smallest absolute Gasteiger partial charge is 0.238 e. The van der Waals surface area contributed by atoms with E-state index < -0.39 is 9.84 Å². The summed E-state index contributed by atoms with van der Waals surface area (Å²) in [5, 5.41) is 2.69. The van der Waals surface area contributed by atoms with Crippen LogP contribution in [0.5, 0.6) is 0 Å². The van der Waals surface area contributed by atoms with Crippen LogP contribution in [0.3, 0.4) is 0 Å². The largest absolute Gasteiger partial charge is 0.324 e. The number of likely N-dealkylation sites (N-methyl/N-ethyl adjacent to an activating group) is 1. The van der Waals surface area contributed by atoms with Crippen molar-refractivity contribution >= 4 is 21.4 Å². The molecule has 0 bridgehead atoms. The number of aryl methyl sites for hydroxylation is 1. The minimum absolute atomic E-state index is 0.126. The molecule has 0 spiro atoms. The third kappa shape index (κ3) is 5.69. The van der Waals surface area contributed by atoms with Crippen LogP contribution in [0.4, 0.5) is 5.69 Å². The first-order valence-corrected chi connectivity index (χ1v) is 10.0. The molecule has 6 heteroatoms. The minimum Gasteiger partial charge on any atom is -0.324 e. The Balaban J connectivity index is 1.98. The van der Waals surface area contributed by atoms with Gasteiger partial charge in [0.05, 0.1) is 17.1 Å². The van der Waals surface area contributed by atoms with Crippen LogP contribution >= 0.6 is 0 Å². The molecule has 0 saturated heterocycles. The third-order valence-electron chi connectivity index (χ3n) is 3.86. The maximum atomic E-state index is 12.2. The molecule has 0 radical (unpaired) electrons. The monoisotopic (exact) mass is 360 g/mol. The van der Waals surface area contributed by atoms with E-state index in [0.717, 1.165) is 18.2 Å². The fourth-order valence-electron chi connectivity index (χ4n) is 2.58. The standard InChI is InChI=1S/C19H24N2O3S/c1-4-15-9-11-16(12-10-15)13-21(2)14-19(22)20-17-7-5-6-8-18(17)25(3,23)24/h5-12H,4,13-14H2,1-3H3,(H,20,22). The van der Waals surface area contributed by atoms with Crippen LogP contribution in [0.1, 0.15) is 18.1 Å². The van der Waals surface area contributed by atoms with Crippen molar-refractivity contribution in [2.24, 2.45) is 0 Å². The average molecular weight is 360 g/mol. The summed E-state index contributed by atoms with van der Waals surface area (Å²) in [6.45, 7) is 2.93. The molecule has 0 unspecified atom stereocenters. The Kier molecular flexibility index (Phi) is 6.33. The van der Waals surface area contributed by atoms with Gasteiger partial charge in [-0.05, 0) is 36.7 Å². The van der Waals surface area contributed by atoms with Crippen molar-refractivity contribution in [2.75, 3.05) is 25.2 Å². The van der Waals surface area contributed by atoms with E-state index in [9.17, 15) is 13.2 Å². The highest BCUT2D eigenvalue weighted by atomic mass is 32.2. The second kappa shape index (κ2) is 8.27. The molecule has 2 aromatic rings. The Morgan fingerprint density at radius 2 is 1.64 bits per heavy atom. The fraction of sp³-hybridized carbons (Fsp3) is 0.316. The van der Waals surface area contributed by atoms with Crippen LogP contribution < -0.4 is 5.32 Å². The molecule has 0 aromatic heterocycles. The van der Waals surface area contributed by atoms with Gasteiger partial charge in [0.15, 0.2) is 9.84 Å². The summed E-state index contributed by atoms with van der Waals surface area (Å²) in [5.41, 5.74) is 2.72. The molecule has 134 valence electrons. The molecule has 0 aliphatic rings. The van der Waals surface area contributed by atoms with Crippen molar-refractivity contribution < 1.29 is 13.2 Å². The number of sulfone groups is 1. The zero-order chi connectivity index (χ0) is 18.4. The summed E-state index contributed by atoms with van der Waals surface area (Å²) < 4.78 is 23.6. The highest BCUT2D eigenvalue weighted by molar-refractivity contribution is 7.90. The van der Waals surface area contributed by atoms with Gasteiger partial charge in [0, 0.05) is 12.8 Å². The van der Waals surface area contributed by atoms with E-state index in [4.69, 9.17) is 0 Å². The van der Waals surface area contributed by atoms with Crippen LogP contribution in [0.15, 0.2) is 53.4 Å². The predicted octanol–water partition coefficient (Wildman–Crippen LogP) is 2.72. The van der Waals surface area contributed by atoms with Gasteiger partial charge in [0.25, 0.3) is 0 Å². The number of benzene rings is 2. The normalized spacial score (nSPS) is 11.5. The SMILES string of the molecule is CCc1ccc(CN(C)CC(=O)Nc2ccccc2S(C)(=O)=O)cc1. The second-order valence-electron chi connectivity index (χ2n) is 6.16. The van der Waals surface area contributed by atoms with Gasteiger partial charge in [-0.3, -0.25) is 9.69 Å². The summed E-state index contributed by atoms with van der Waals surface area (Å²) in [7, 11) is -1.53. The lowest BCUT2D eigenvalue weighted by Crippen LogP contribution is -2.30. The molecule has 2 rings (SSSR count). The van der Waals surface area contributed by atoms with Crippen molar-refractivity contribution in [1.29, 1.82) is 0 Å². The molecule has 5 nitrogen and oxygen atoms in total. The zero-order valence-corrected chi connectivity index (χ0v) is 15.6. The lowest BCUT2D eigenvalue weighted by atomic mass is 10.1. The number of hydrogen-bond acceptors (Lipinski definition) is 4. The summed E-state index contributed by atoms with van der Waals surface area (Å²) >= 11 is 0. The Bertz CT molecular complexity index is 830. The number of hydrogen-bond donors (Lipinski definition) is 1. The Morgan fingerprint density at radius 1 is 1.04 bits per heavy atom. The topological polar surface area (TPSA) is 66.5 Å². The predicted molar refractivity (Wildman–Crippen MR) is 100 cm³/mol. The lowest BCUT2D eigenvalue weighted by Gasteiger charge is -2.17. The number of para-hydroxylation sites is 1. The van der Waals surface area contributed by atoms with Crippen LogP contribution in [-0.4, -0.2) is 39.1 Å². The third-order valence-corrected chi connectivity index (χ3v) is 5.01. The van der Waals surface area contributed by atoms with Gasteiger partial charge in [-0.15, -0.1) is 0 Å². The average Bonchev–Trinajstić information content (AvgIpc) is 2.54. The highest BCUT2D eigenvalue weighted by Gasteiger charge is 2.15. The summed E-state index contributed by atoms with van der Waals surface area (Å²) in [4.78, 5) is 14.3. The van der Waals surface area contributed by atoms with Crippen LogP contribution in [0.25, 0.3) is 0 Å². The van der Waals surface area contributed by atoms with Gasteiger partial charge in [-0.2, -0.15) is 0 Å². The minimum atomic E-state index is -3.39. The highest BCUT2D eigenvalue weighted by Crippen LogP contribution is 2.20. The number of carbonyl (C=O) groups is 1. The zero-order valence-electron chi connectivity index (χ0n) is 14.8. The van der Waals surface area contributed by atoms with Gasteiger partial charge in [-0.1, -0.05) is 43.3 Å². The number of amides is 1. The first-order valence-electron chi connectivity index (χ1n) is 8.15. The fourth-order valence-corrected chi connectivity index (χ4v) is 3.42. The van der Waals surface area contributed by atoms with E-state index in [1.165, 1.54) is 11.6 Å². The van der Waals surface area contributed by atoms with E-state index in [0.29, 0.717) is 12.2 Å². The van der Waals surface area contributed by atoms with Gasteiger partial charge in [0.2, 0.25) is 5.91 Å². The van der Waals surface area contributed by atoms with E-state index >= 15 is 0 Å². The van der Waals surface area contributed by atoms with Crippen LogP contribution in [0, 0.1) is 0 Å². The number of rotatable bonds is 7. The number of nitrogens with zero attached hydrogens (tertiary/aromatic N) is 1. The Hall–Kier alpha value is -2.18. The first kappa shape index (κ1) is 19.1. The second-order valence-corrected chi connectivity index (χ2v) is 8.14. The molecule has 0 aliphatic heterocycles. The molecule has 25 heavy (non-hydrogen) atoms.